The number of nitrogens with one attached hydrogen (secondary N) is 1. The van der Waals surface area contributed by atoms with Gasteiger partial charge in [-0.05, 0) is 25.0 Å². The molecule has 0 aliphatic carbocycles. The molecule has 2 amide bonds. The molecule has 0 heterocycles. The van der Waals surface area contributed by atoms with E-state index in [2.05, 4.69) is 5.32 Å². The molecule has 1 aromatic carbocycles. The minimum Gasteiger partial charge on any atom is -0.451 e. The second-order valence-electron chi connectivity index (χ2n) is 5.16. The SMILES string of the molecule is CC(OC(=O)[C@H](NC(=O)c1ccccc1Cl)C(C)C)C(N)=O. The normalized spacial score (nSPS) is 13.3. The summed E-state index contributed by atoms with van der Waals surface area (Å²) >= 11 is 5.95. The van der Waals surface area contributed by atoms with Gasteiger partial charge in [0, 0.05) is 0 Å². The fraction of sp³-hybridized carbons (Fsp3) is 0.400. The fourth-order valence-corrected chi connectivity index (χ4v) is 1.89. The summed E-state index contributed by atoms with van der Waals surface area (Å²) in [5.41, 5.74) is 5.31. The number of amides is 2. The zero-order valence-electron chi connectivity index (χ0n) is 12.6. The smallest absolute Gasteiger partial charge is 0.329 e. The van der Waals surface area contributed by atoms with Crippen LogP contribution >= 0.6 is 11.6 Å². The van der Waals surface area contributed by atoms with Gasteiger partial charge >= 0.3 is 5.97 Å². The van der Waals surface area contributed by atoms with Crippen molar-refractivity contribution in [2.75, 3.05) is 0 Å². The average Bonchev–Trinajstić information content (AvgIpc) is 2.44. The highest BCUT2D eigenvalue weighted by molar-refractivity contribution is 6.33. The van der Waals surface area contributed by atoms with Gasteiger partial charge in [-0.25, -0.2) is 4.79 Å². The molecule has 7 heteroatoms. The van der Waals surface area contributed by atoms with Crippen molar-refractivity contribution in [1.82, 2.24) is 5.32 Å². The molecular formula is C15H19ClN2O4. The van der Waals surface area contributed by atoms with E-state index in [1.165, 1.54) is 6.92 Å². The van der Waals surface area contributed by atoms with Gasteiger partial charge in [0.25, 0.3) is 11.8 Å². The van der Waals surface area contributed by atoms with Gasteiger partial charge in [-0.3, -0.25) is 9.59 Å². The first kappa shape index (κ1) is 18.0. The van der Waals surface area contributed by atoms with Crippen LogP contribution in [0.4, 0.5) is 0 Å². The van der Waals surface area contributed by atoms with Crippen LogP contribution in [0.15, 0.2) is 24.3 Å². The lowest BCUT2D eigenvalue weighted by atomic mass is 10.0. The van der Waals surface area contributed by atoms with Gasteiger partial charge in [-0.1, -0.05) is 37.6 Å². The van der Waals surface area contributed by atoms with E-state index in [9.17, 15) is 14.4 Å². The van der Waals surface area contributed by atoms with Crippen LogP contribution in [0.5, 0.6) is 0 Å². The minimum atomic E-state index is -1.06. The summed E-state index contributed by atoms with van der Waals surface area (Å²) < 4.78 is 4.94. The van der Waals surface area contributed by atoms with Crippen LogP contribution in [0, 0.1) is 5.92 Å². The molecule has 0 aliphatic heterocycles. The highest BCUT2D eigenvalue weighted by atomic mass is 35.5. The highest BCUT2D eigenvalue weighted by Gasteiger charge is 2.29. The third-order valence-electron chi connectivity index (χ3n) is 3.02. The van der Waals surface area contributed by atoms with Gasteiger partial charge in [-0.15, -0.1) is 0 Å². The molecule has 1 aromatic rings. The second-order valence-corrected chi connectivity index (χ2v) is 5.56. The molecule has 0 fully saturated rings. The van der Waals surface area contributed by atoms with Crippen LogP contribution in [-0.2, 0) is 14.3 Å². The van der Waals surface area contributed by atoms with Crippen molar-refractivity contribution in [1.29, 1.82) is 0 Å². The Morgan fingerprint density at radius 2 is 1.77 bits per heavy atom. The minimum absolute atomic E-state index is 0.237. The number of halogens is 1. The molecule has 2 atom stereocenters. The maximum Gasteiger partial charge on any atom is 0.329 e. The first-order valence-corrected chi connectivity index (χ1v) is 7.17. The lowest BCUT2D eigenvalue weighted by Crippen LogP contribution is -2.47. The number of hydrogen-bond acceptors (Lipinski definition) is 4. The summed E-state index contributed by atoms with van der Waals surface area (Å²) in [4.78, 5) is 35.2. The van der Waals surface area contributed by atoms with Gasteiger partial charge in [-0.2, -0.15) is 0 Å². The number of hydrogen-bond donors (Lipinski definition) is 2. The molecule has 0 saturated carbocycles. The molecule has 22 heavy (non-hydrogen) atoms. The van der Waals surface area contributed by atoms with Gasteiger partial charge in [0.1, 0.15) is 6.04 Å². The Morgan fingerprint density at radius 3 is 2.27 bits per heavy atom. The highest BCUT2D eigenvalue weighted by Crippen LogP contribution is 2.16. The third-order valence-corrected chi connectivity index (χ3v) is 3.35. The molecule has 0 aromatic heterocycles. The summed E-state index contributed by atoms with van der Waals surface area (Å²) in [7, 11) is 0. The maximum atomic E-state index is 12.2. The van der Waals surface area contributed by atoms with E-state index in [0.29, 0.717) is 0 Å². The zero-order chi connectivity index (χ0) is 16.9. The summed E-state index contributed by atoms with van der Waals surface area (Å²) in [6, 6.07) is 5.58. The number of nitrogens with two attached hydrogens (primary N) is 1. The van der Waals surface area contributed by atoms with E-state index in [1.807, 2.05) is 0 Å². The van der Waals surface area contributed by atoms with Crippen LogP contribution in [0.2, 0.25) is 5.02 Å². The van der Waals surface area contributed by atoms with Crippen molar-refractivity contribution >= 4 is 29.4 Å². The number of esters is 1. The zero-order valence-corrected chi connectivity index (χ0v) is 13.4. The molecule has 0 spiro atoms. The standard InChI is InChI=1S/C15H19ClN2O4/c1-8(2)12(15(21)22-9(3)13(17)19)18-14(20)10-6-4-5-7-11(10)16/h4-9,12H,1-3H3,(H2,17,19)(H,18,20)/t9?,12-/m1/s1. The summed E-state index contributed by atoms with van der Waals surface area (Å²) in [6.07, 6.45) is -1.06. The predicted molar refractivity (Wildman–Crippen MR) is 82.3 cm³/mol. The van der Waals surface area contributed by atoms with Crippen LogP contribution < -0.4 is 11.1 Å². The quantitative estimate of drug-likeness (QED) is 0.774. The van der Waals surface area contributed by atoms with Gasteiger partial charge in [0.05, 0.1) is 10.6 Å². The lowest BCUT2D eigenvalue weighted by molar-refractivity contribution is -0.156. The summed E-state index contributed by atoms with van der Waals surface area (Å²) in [5, 5.41) is 2.85. The first-order chi connectivity index (χ1) is 10.2. The number of carbonyl (C=O) groups excluding carboxylic acids is 3. The number of benzene rings is 1. The van der Waals surface area contributed by atoms with Crippen LogP contribution in [0.25, 0.3) is 0 Å². The van der Waals surface area contributed by atoms with Crippen molar-refractivity contribution in [3.8, 4) is 0 Å². The molecule has 120 valence electrons. The van der Waals surface area contributed by atoms with Crippen LogP contribution in [0.3, 0.4) is 0 Å². The number of primary amides is 1. The van der Waals surface area contributed by atoms with Crippen molar-refractivity contribution in [2.24, 2.45) is 11.7 Å². The van der Waals surface area contributed by atoms with Gasteiger partial charge < -0.3 is 15.8 Å². The topological polar surface area (TPSA) is 98.5 Å². The molecular weight excluding hydrogens is 308 g/mol. The Hall–Kier alpha value is -2.08. The van der Waals surface area contributed by atoms with E-state index >= 15 is 0 Å². The average molecular weight is 327 g/mol. The van der Waals surface area contributed by atoms with E-state index in [1.54, 1.807) is 38.1 Å². The van der Waals surface area contributed by atoms with Crippen molar-refractivity contribution < 1.29 is 19.1 Å². The Morgan fingerprint density at radius 1 is 1.18 bits per heavy atom. The predicted octanol–water partition coefficient (Wildman–Crippen LogP) is 1.51. The van der Waals surface area contributed by atoms with Gasteiger partial charge in [0.15, 0.2) is 6.10 Å². The number of carbonyl (C=O) groups is 3. The Labute approximate surface area is 134 Å². The number of rotatable bonds is 6. The van der Waals surface area contributed by atoms with E-state index in [4.69, 9.17) is 22.1 Å². The van der Waals surface area contributed by atoms with Crippen molar-refractivity contribution in [3.63, 3.8) is 0 Å². The molecule has 1 unspecified atom stereocenters. The third kappa shape index (κ3) is 4.73. The van der Waals surface area contributed by atoms with Crippen LogP contribution in [-0.4, -0.2) is 29.9 Å². The monoisotopic (exact) mass is 326 g/mol. The molecule has 0 radical (unpaired) electrons. The Balaban J connectivity index is 2.84. The first-order valence-electron chi connectivity index (χ1n) is 6.79. The maximum absolute atomic E-state index is 12.2. The molecule has 0 saturated heterocycles. The van der Waals surface area contributed by atoms with Gasteiger partial charge in [0.2, 0.25) is 0 Å². The fourth-order valence-electron chi connectivity index (χ4n) is 1.67. The largest absolute Gasteiger partial charge is 0.451 e. The van der Waals surface area contributed by atoms with Crippen LogP contribution in [0.1, 0.15) is 31.1 Å². The van der Waals surface area contributed by atoms with E-state index < -0.39 is 29.9 Å². The second kappa shape index (κ2) is 7.79. The van der Waals surface area contributed by atoms with Crippen molar-refractivity contribution in [3.05, 3.63) is 34.9 Å². The molecule has 6 nitrogen and oxygen atoms in total. The molecule has 0 aliphatic rings. The summed E-state index contributed by atoms with van der Waals surface area (Å²) in [6.45, 7) is 4.86. The molecule has 3 N–H and O–H groups in total. The van der Waals surface area contributed by atoms with E-state index in [-0.39, 0.29) is 16.5 Å². The molecule has 1 rings (SSSR count). The number of ether oxygens (including phenoxy) is 1. The van der Waals surface area contributed by atoms with Crippen molar-refractivity contribution in [2.45, 2.75) is 32.9 Å². The summed E-state index contributed by atoms with van der Waals surface area (Å²) in [5.74, 6) is -2.21. The molecule has 0 bridgehead atoms. The Kier molecular flexibility index (Phi) is 6.37. The van der Waals surface area contributed by atoms with E-state index in [0.717, 1.165) is 0 Å². The lowest BCUT2D eigenvalue weighted by Gasteiger charge is -2.22. The Bertz CT molecular complexity index is 574.